The van der Waals surface area contributed by atoms with Gasteiger partial charge in [-0.25, -0.2) is 4.98 Å². The Morgan fingerprint density at radius 3 is 2.67 bits per heavy atom. The van der Waals surface area contributed by atoms with Crippen molar-refractivity contribution in [3.05, 3.63) is 59.4 Å². The molecule has 0 bridgehead atoms. The second kappa shape index (κ2) is 7.71. The molecule has 7 nitrogen and oxygen atoms in total. The number of hydrogen-bond donors (Lipinski definition) is 2. The van der Waals surface area contributed by atoms with Crippen molar-refractivity contribution >= 4 is 23.4 Å². The summed E-state index contributed by atoms with van der Waals surface area (Å²) in [5.41, 5.74) is 2.39. The lowest BCUT2D eigenvalue weighted by Crippen LogP contribution is -2.17. The minimum atomic E-state index is -0.190. The van der Waals surface area contributed by atoms with Crippen molar-refractivity contribution in [1.29, 1.82) is 0 Å². The number of carbonyl (C=O) groups is 1. The van der Waals surface area contributed by atoms with E-state index in [9.17, 15) is 4.79 Å². The lowest BCUT2D eigenvalue weighted by atomic mass is 10.1. The van der Waals surface area contributed by atoms with Gasteiger partial charge in [-0.1, -0.05) is 23.9 Å². The molecule has 27 heavy (non-hydrogen) atoms. The zero-order chi connectivity index (χ0) is 18.6. The molecule has 1 amide bonds. The first-order valence-corrected chi connectivity index (χ1v) is 9.48. The fourth-order valence-electron chi connectivity index (χ4n) is 2.61. The third-order valence-corrected chi connectivity index (χ3v) is 4.88. The Morgan fingerprint density at radius 1 is 1.15 bits per heavy atom. The van der Waals surface area contributed by atoms with Crippen LogP contribution < -0.4 is 14.8 Å². The van der Waals surface area contributed by atoms with Crippen molar-refractivity contribution < 1.29 is 14.3 Å². The van der Waals surface area contributed by atoms with E-state index in [4.69, 9.17) is 9.47 Å². The van der Waals surface area contributed by atoms with Gasteiger partial charge in [-0.15, -0.1) is 5.10 Å². The molecule has 1 aliphatic heterocycles. The number of thioether (sulfide) groups is 1. The van der Waals surface area contributed by atoms with E-state index in [1.54, 1.807) is 30.0 Å². The summed E-state index contributed by atoms with van der Waals surface area (Å²) in [6, 6.07) is 12.9. The van der Waals surface area contributed by atoms with E-state index < -0.39 is 0 Å². The Hall–Kier alpha value is -3.00. The molecule has 0 atom stereocenters. The standard InChI is InChI=1S/C19H18N4O3S/c1-12-20-19(23-22-12)27-11-13-2-5-15(6-3-13)21-18(24)14-4-7-16-17(10-14)26-9-8-25-16/h2-7,10H,8-9,11H2,1H3,(H,21,24)(H,20,22,23). The minimum absolute atomic E-state index is 0.190. The van der Waals surface area contributed by atoms with Crippen LogP contribution in [0.2, 0.25) is 0 Å². The monoisotopic (exact) mass is 382 g/mol. The van der Waals surface area contributed by atoms with Crippen LogP contribution in [0.25, 0.3) is 0 Å². The number of rotatable bonds is 5. The quantitative estimate of drug-likeness (QED) is 0.657. The van der Waals surface area contributed by atoms with Gasteiger partial charge in [0.2, 0.25) is 5.16 Å². The van der Waals surface area contributed by atoms with E-state index in [1.165, 1.54) is 0 Å². The Kier molecular flexibility index (Phi) is 4.97. The molecule has 0 radical (unpaired) electrons. The topological polar surface area (TPSA) is 89.1 Å². The summed E-state index contributed by atoms with van der Waals surface area (Å²) in [6.07, 6.45) is 0. The number of amides is 1. The van der Waals surface area contributed by atoms with Crippen molar-refractivity contribution in [1.82, 2.24) is 15.2 Å². The molecule has 1 aromatic heterocycles. The van der Waals surface area contributed by atoms with E-state index >= 15 is 0 Å². The first-order chi connectivity index (χ1) is 13.2. The first kappa shape index (κ1) is 17.4. The second-order valence-electron chi connectivity index (χ2n) is 6.00. The molecular formula is C19H18N4O3S. The number of ether oxygens (including phenoxy) is 2. The van der Waals surface area contributed by atoms with Gasteiger partial charge in [0, 0.05) is 17.0 Å². The van der Waals surface area contributed by atoms with Gasteiger partial charge in [0.05, 0.1) is 0 Å². The molecule has 2 aromatic carbocycles. The molecule has 3 aromatic rings. The highest BCUT2D eigenvalue weighted by Crippen LogP contribution is 2.31. The Labute approximate surface area is 160 Å². The van der Waals surface area contributed by atoms with Crippen molar-refractivity contribution in [3.8, 4) is 11.5 Å². The molecule has 4 rings (SSSR count). The zero-order valence-corrected chi connectivity index (χ0v) is 15.5. The third kappa shape index (κ3) is 4.22. The zero-order valence-electron chi connectivity index (χ0n) is 14.7. The number of nitrogens with one attached hydrogen (secondary N) is 2. The van der Waals surface area contributed by atoms with Crippen molar-refractivity contribution in [2.45, 2.75) is 17.8 Å². The van der Waals surface area contributed by atoms with E-state index in [0.29, 0.717) is 30.3 Å². The average molecular weight is 382 g/mol. The maximum Gasteiger partial charge on any atom is 0.255 e. The van der Waals surface area contributed by atoms with Crippen LogP contribution in [0.3, 0.4) is 0 Å². The fourth-order valence-corrected chi connectivity index (χ4v) is 3.41. The van der Waals surface area contributed by atoms with Gasteiger partial charge < -0.3 is 14.8 Å². The van der Waals surface area contributed by atoms with Crippen LogP contribution in [-0.2, 0) is 5.75 Å². The number of nitrogens with zero attached hydrogens (tertiary/aromatic N) is 2. The maximum atomic E-state index is 12.5. The second-order valence-corrected chi connectivity index (χ2v) is 6.94. The predicted octanol–water partition coefficient (Wildman–Crippen LogP) is 3.43. The number of carbonyl (C=O) groups excluding carboxylic acids is 1. The summed E-state index contributed by atoms with van der Waals surface area (Å²) in [6.45, 7) is 2.89. The van der Waals surface area contributed by atoms with Crippen LogP contribution in [0.4, 0.5) is 5.69 Å². The van der Waals surface area contributed by atoms with E-state index in [0.717, 1.165) is 28.0 Å². The summed E-state index contributed by atoms with van der Waals surface area (Å²) in [5, 5.41) is 10.5. The fraction of sp³-hybridized carbons (Fsp3) is 0.211. The van der Waals surface area contributed by atoms with Crippen LogP contribution in [0.1, 0.15) is 21.7 Å². The normalized spacial score (nSPS) is 12.6. The molecule has 0 unspecified atom stereocenters. The van der Waals surface area contributed by atoms with Crippen LogP contribution in [0.15, 0.2) is 47.6 Å². The number of hydrogen-bond acceptors (Lipinski definition) is 6. The smallest absolute Gasteiger partial charge is 0.255 e. The Bertz CT molecular complexity index is 956. The lowest BCUT2D eigenvalue weighted by Gasteiger charge is -2.18. The molecule has 1 aliphatic rings. The summed E-state index contributed by atoms with van der Waals surface area (Å²) in [5.74, 6) is 2.64. The van der Waals surface area contributed by atoms with Crippen molar-refractivity contribution in [2.24, 2.45) is 0 Å². The van der Waals surface area contributed by atoms with Crippen LogP contribution >= 0.6 is 11.8 Å². The number of fused-ring (bicyclic) bond motifs is 1. The molecule has 0 spiro atoms. The van der Waals surface area contributed by atoms with Crippen LogP contribution in [-0.4, -0.2) is 34.3 Å². The molecular weight excluding hydrogens is 364 g/mol. The molecule has 2 N–H and O–H groups in total. The molecule has 8 heteroatoms. The number of aryl methyl sites for hydroxylation is 1. The Morgan fingerprint density at radius 2 is 1.93 bits per heavy atom. The number of benzene rings is 2. The number of aromatic nitrogens is 3. The minimum Gasteiger partial charge on any atom is -0.486 e. The summed E-state index contributed by atoms with van der Waals surface area (Å²) in [4.78, 5) is 16.7. The van der Waals surface area contributed by atoms with Gasteiger partial charge >= 0.3 is 0 Å². The van der Waals surface area contributed by atoms with Crippen molar-refractivity contribution in [3.63, 3.8) is 0 Å². The largest absolute Gasteiger partial charge is 0.486 e. The van der Waals surface area contributed by atoms with Gasteiger partial charge in [-0.05, 0) is 42.8 Å². The molecule has 0 fully saturated rings. The first-order valence-electron chi connectivity index (χ1n) is 8.49. The van der Waals surface area contributed by atoms with E-state index in [2.05, 4.69) is 20.5 Å². The molecule has 0 aliphatic carbocycles. The van der Waals surface area contributed by atoms with Crippen LogP contribution in [0.5, 0.6) is 11.5 Å². The van der Waals surface area contributed by atoms with Crippen molar-refractivity contribution in [2.75, 3.05) is 18.5 Å². The van der Waals surface area contributed by atoms with E-state index in [1.807, 2.05) is 31.2 Å². The van der Waals surface area contributed by atoms with Gasteiger partial charge in [-0.2, -0.15) is 0 Å². The third-order valence-electron chi connectivity index (χ3n) is 3.96. The SMILES string of the molecule is Cc1nc(SCc2ccc(NC(=O)c3ccc4c(c3)OCCO4)cc2)n[nH]1. The highest BCUT2D eigenvalue weighted by molar-refractivity contribution is 7.98. The lowest BCUT2D eigenvalue weighted by molar-refractivity contribution is 0.102. The van der Waals surface area contributed by atoms with Gasteiger partial charge in [0.25, 0.3) is 5.91 Å². The Balaban J connectivity index is 1.37. The molecule has 0 saturated heterocycles. The summed E-state index contributed by atoms with van der Waals surface area (Å²) >= 11 is 1.56. The van der Waals surface area contributed by atoms with Crippen LogP contribution in [0, 0.1) is 6.92 Å². The van der Waals surface area contributed by atoms with E-state index in [-0.39, 0.29) is 5.91 Å². The summed E-state index contributed by atoms with van der Waals surface area (Å²) < 4.78 is 11.0. The number of anilines is 1. The van der Waals surface area contributed by atoms with Gasteiger partial charge in [0.15, 0.2) is 11.5 Å². The summed E-state index contributed by atoms with van der Waals surface area (Å²) in [7, 11) is 0. The van der Waals surface area contributed by atoms with Gasteiger partial charge in [-0.3, -0.25) is 9.89 Å². The highest BCUT2D eigenvalue weighted by Gasteiger charge is 2.15. The number of H-pyrrole nitrogens is 1. The number of aromatic amines is 1. The molecule has 2 heterocycles. The molecule has 0 saturated carbocycles. The maximum absolute atomic E-state index is 12.5. The predicted molar refractivity (Wildman–Crippen MR) is 103 cm³/mol. The highest BCUT2D eigenvalue weighted by atomic mass is 32.2. The van der Waals surface area contributed by atoms with Gasteiger partial charge in [0.1, 0.15) is 19.0 Å². The average Bonchev–Trinajstić information content (AvgIpc) is 3.12. The molecule has 138 valence electrons.